The predicted molar refractivity (Wildman–Crippen MR) is 70.7 cm³/mol. The fourth-order valence-electron chi connectivity index (χ4n) is 2.92. The molecule has 0 saturated heterocycles. The average Bonchev–Trinajstić information content (AvgIpc) is 2.36. The topological polar surface area (TPSA) is 84.6 Å². The minimum absolute atomic E-state index is 0.0385. The molecule has 1 aliphatic carbocycles. The molecule has 0 aromatic heterocycles. The summed E-state index contributed by atoms with van der Waals surface area (Å²) >= 11 is 0. The van der Waals surface area contributed by atoms with Gasteiger partial charge in [-0.05, 0) is 30.5 Å². The molecule has 0 bridgehead atoms. The second-order valence-electron chi connectivity index (χ2n) is 5.47. The van der Waals surface area contributed by atoms with Gasteiger partial charge in [0, 0.05) is 23.0 Å². The maximum atomic E-state index is 11.5. The highest BCUT2D eigenvalue weighted by atomic mass is 16.2. The highest BCUT2D eigenvalue weighted by Crippen LogP contribution is 2.40. The van der Waals surface area contributed by atoms with E-state index in [1.807, 2.05) is 12.1 Å². The summed E-state index contributed by atoms with van der Waals surface area (Å²) in [4.78, 5) is 22.7. The zero-order valence-corrected chi connectivity index (χ0v) is 10.7. The highest BCUT2D eigenvalue weighted by Gasteiger charge is 2.40. The van der Waals surface area contributed by atoms with Crippen molar-refractivity contribution in [1.82, 2.24) is 5.43 Å². The number of primary amides is 1. The number of nitrogens with one attached hydrogen (secondary N) is 1. The molecule has 0 saturated carbocycles. The van der Waals surface area contributed by atoms with Gasteiger partial charge in [0.15, 0.2) is 0 Å². The molecule has 2 amide bonds. The van der Waals surface area contributed by atoms with Gasteiger partial charge in [0.05, 0.1) is 5.71 Å². The molecule has 98 valence electrons. The Kier molecular flexibility index (Phi) is 2.45. The quantitative estimate of drug-likeness (QED) is 0.785. The van der Waals surface area contributed by atoms with Crippen LogP contribution >= 0.6 is 0 Å². The van der Waals surface area contributed by atoms with Gasteiger partial charge in [0.25, 0.3) is 0 Å². The predicted octanol–water partition coefficient (Wildman–Crippen LogP) is 0.962. The highest BCUT2D eigenvalue weighted by molar-refractivity contribution is 6.10. The summed E-state index contributed by atoms with van der Waals surface area (Å²) in [5.74, 6) is -0.460. The van der Waals surface area contributed by atoms with Crippen LogP contribution in [-0.4, -0.2) is 17.5 Å². The lowest BCUT2D eigenvalue weighted by Gasteiger charge is -2.38. The van der Waals surface area contributed by atoms with Crippen LogP contribution < -0.4 is 11.2 Å². The molecule has 1 heterocycles. The van der Waals surface area contributed by atoms with Gasteiger partial charge in [-0.15, -0.1) is 0 Å². The standard InChI is InChI=1S/C14H15N3O2/c1-14-5-4-8-6-9(13(15)19)2-3-10(8)12(14)17-16-11(18)7-14/h2-3,6H,4-5,7H2,1H3,(H2,15,19)(H,16,18). The van der Waals surface area contributed by atoms with E-state index in [4.69, 9.17) is 5.73 Å². The molecular formula is C14H15N3O2. The Morgan fingerprint density at radius 3 is 3.00 bits per heavy atom. The van der Waals surface area contributed by atoms with Crippen LogP contribution in [0.1, 0.15) is 41.3 Å². The van der Waals surface area contributed by atoms with Crippen molar-refractivity contribution in [3.63, 3.8) is 0 Å². The molecule has 5 heteroatoms. The summed E-state index contributed by atoms with van der Waals surface area (Å²) in [6.45, 7) is 2.06. The molecule has 19 heavy (non-hydrogen) atoms. The van der Waals surface area contributed by atoms with Crippen LogP contribution in [0.5, 0.6) is 0 Å². The first-order valence-electron chi connectivity index (χ1n) is 6.30. The van der Waals surface area contributed by atoms with Gasteiger partial charge in [-0.25, -0.2) is 5.43 Å². The van der Waals surface area contributed by atoms with Crippen LogP contribution in [0.3, 0.4) is 0 Å². The van der Waals surface area contributed by atoms with E-state index in [-0.39, 0.29) is 11.3 Å². The van der Waals surface area contributed by atoms with Crippen molar-refractivity contribution < 1.29 is 9.59 Å². The number of carbonyl (C=O) groups is 2. The number of nitrogens with zero attached hydrogens (tertiary/aromatic N) is 1. The van der Waals surface area contributed by atoms with Gasteiger partial charge >= 0.3 is 0 Å². The summed E-state index contributed by atoms with van der Waals surface area (Å²) in [7, 11) is 0. The SMILES string of the molecule is CC12CCc3cc(C(N)=O)ccc3C1=NNC(=O)C2. The molecule has 0 radical (unpaired) electrons. The zero-order valence-electron chi connectivity index (χ0n) is 10.7. The van der Waals surface area contributed by atoms with Crippen LogP contribution in [0.25, 0.3) is 0 Å². The molecule has 3 rings (SSSR count). The molecule has 2 aliphatic rings. The van der Waals surface area contributed by atoms with Crippen molar-refractivity contribution in [2.24, 2.45) is 16.3 Å². The van der Waals surface area contributed by atoms with Crippen LogP contribution in [0.15, 0.2) is 23.3 Å². The first-order valence-corrected chi connectivity index (χ1v) is 6.30. The average molecular weight is 257 g/mol. The lowest BCUT2D eigenvalue weighted by atomic mass is 9.68. The number of nitrogens with two attached hydrogens (primary N) is 1. The largest absolute Gasteiger partial charge is 0.366 e. The Morgan fingerprint density at radius 1 is 1.47 bits per heavy atom. The molecule has 0 fully saturated rings. The number of hydrogen-bond donors (Lipinski definition) is 2. The van der Waals surface area contributed by atoms with Gasteiger partial charge in [0.2, 0.25) is 11.8 Å². The maximum absolute atomic E-state index is 11.5. The van der Waals surface area contributed by atoms with Gasteiger partial charge in [-0.3, -0.25) is 9.59 Å². The van der Waals surface area contributed by atoms with E-state index >= 15 is 0 Å². The first-order chi connectivity index (χ1) is 8.99. The number of carbonyl (C=O) groups excluding carboxylic acids is 2. The summed E-state index contributed by atoms with van der Waals surface area (Å²) in [6, 6.07) is 5.42. The van der Waals surface area contributed by atoms with Crippen molar-refractivity contribution in [3.05, 3.63) is 34.9 Å². The molecule has 1 aromatic carbocycles. The Morgan fingerprint density at radius 2 is 2.26 bits per heavy atom. The second kappa shape index (κ2) is 3.91. The number of amides is 2. The lowest BCUT2D eigenvalue weighted by Crippen LogP contribution is -2.43. The second-order valence-corrected chi connectivity index (χ2v) is 5.47. The Balaban J connectivity index is 2.11. The number of rotatable bonds is 1. The van der Waals surface area contributed by atoms with Gasteiger partial charge in [0.1, 0.15) is 0 Å². The number of hydrazone groups is 1. The molecule has 1 aromatic rings. The molecule has 5 nitrogen and oxygen atoms in total. The molecule has 1 aliphatic heterocycles. The van der Waals surface area contributed by atoms with Crippen LogP contribution in [0.2, 0.25) is 0 Å². The van der Waals surface area contributed by atoms with Gasteiger partial charge in [-0.2, -0.15) is 5.10 Å². The van der Waals surface area contributed by atoms with Crippen molar-refractivity contribution in [2.45, 2.75) is 26.2 Å². The molecule has 0 spiro atoms. The number of fused-ring (bicyclic) bond motifs is 3. The third-order valence-electron chi connectivity index (χ3n) is 4.01. The van der Waals surface area contributed by atoms with Crippen LogP contribution in [-0.2, 0) is 11.2 Å². The third kappa shape index (κ3) is 1.82. The van der Waals surface area contributed by atoms with E-state index in [1.54, 1.807) is 6.07 Å². The van der Waals surface area contributed by atoms with Gasteiger partial charge < -0.3 is 5.73 Å². The monoisotopic (exact) mass is 257 g/mol. The summed E-state index contributed by atoms with van der Waals surface area (Å²) in [5.41, 5.74) is 11.1. The van der Waals surface area contributed by atoms with Crippen molar-refractivity contribution in [2.75, 3.05) is 0 Å². The summed E-state index contributed by atoms with van der Waals surface area (Å²) < 4.78 is 0. The fourth-order valence-corrected chi connectivity index (χ4v) is 2.92. The Hall–Kier alpha value is -2.17. The summed E-state index contributed by atoms with van der Waals surface area (Å²) in [6.07, 6.45) is 2.15. The van der Waals surface area contributed by atoms with Crippen molar-refractivity contribution in [3.8, 4) is 0 Å². The zero-order chi connectivity index (χ0) is 13.6. The molecule has 1 atom stereocenters. The summed E-state index contributed by atoms with van der Waals surface area (Å²) in [5, 5.41) is 4.22. The van der Waals surface area contributed by atoms with Crippen LogP contribution in [0.4, 0.5) is 0 Å². The fraction of sp³-hybridized carbons (Fsp3) is 0.357. The van der Waals surface area contributed by atoms with E-state index in [9.17, 15) is 9.59 Å². The number of hydrogen-bond acceptors (Lipinski definition) is 3. The molecule has 3 N–H and O–H groups in total. The minimum atomic E-state index is -0.421. The smallest absolute Gasteiger partial charge is 0.248 e. The first kappa shape index (κ1) is 11.9. The normalized spacial score (nSPS) is 24.9. The Bertz CT molecular complexity index is 621. The van der Waals surface area contributed by atoms with E-state index in [0.717, 1.165) is 29.7 Å². The molecule has 1 unspecified atom stereocenters. The van der Waals surface area contributed by atoms with E-state index in [2.05, 4.69) is 17.5 Å². The van der Waals surface area contributed by atoms with Gasteiger partial charge in [-0.1, -0.05) is 13.0 Å². The lowest BCUT2D eigenvalue weighted by molar-refractivity contribution is -0.123. The molecular weight excluding hydrogens is 242 g/mol. The minimum Gasteiger partial charge on any atom is -0.366 e. The van der Waals surface area contributed by atoms with Crippen LogP contribution in [0, 0.1) is 5.41 Å². The van der Waals surface area contributed by atoms with Crippen molar-refractivity contribution >= 4 is 17.5 Å². The van der Waals surface area contributed by atoms with E-state index in [0.29, 0.717) is 12.0 Å². The third-order valence-corrected chi connectivity index (χ3v) is 4.01. The van der Waals surface area contributed by atoms with Crippen molar-refractivity contribution in [1.29, 1.82) is 0 Å². The number of aryl methyl sites for hydroxylation is 1. The number of benzene rings is 1. The maximum Gasteiger partial charge on any atom is 0.248 e. The van der Waals surface area contributed by atoms with E-state index in [1.165, 1.54) is 0 Å². The van der Waals surface area contributed by atoms with E-state index < -0.39 is 5.91 Å². The Labute approximate surface area is 110 Å².